The maximum Gasteiger partial charge on any atom is 0.417 e. The summed E-state index contributed by atoms with van der Waals surface area (Å²) >= 11 is 3.51. The van der Waals surface area contributed by atoms with Crippen LogP contribution in [0.2, 0.25) is 0 Å². The highest BCUT2D eigenvalue weighted by Crippen LogP contribution is 2.59. The summed E-state index contributed by atoms with van der Waals surface area (Å²) < 4.78 is 43.4. The van der Waals surface area contributed by atoms with Crippen molar-refractivity contribution >= 4 is 31.6 Å². The molecule has 0 spiro atoms. The molecule has 1 saturated carbocycles. The molecule has 3 aromatic carbocycles. The highest BCUT2D eigenvalue weighted by atomic mass is 79.9. The molecule has 0 amide bonds. The molecule has 0 radical (unpaired) electrons. The second-order valence-corrected chi connectivity index (χ2v) is 7.69. The molecule has 0 aromatic heterocycles. The molecule has 0 unspecified atom stereocenters. The van der Waals surface area contributed by atoms with Crippen molar-refractivity contribution in [2.75, 3.05) is 0 Å². The summed E-state index contributed by atoms with van der Waals surface area (Å²) in [5, 5.41) is 9.88. The van der Waals surface area contributed by atoms with E-state index in [1.165, 1.54) is 12.1 Å². The molecule has 31 heavy (non-hydrogen) atoms. The van der Waals surface area contributed by atoms with Crippen LogP contribution in [0.3, 0.4) is 0 Å². The zero-order valence-electron chi connectivity index (χ0n) is 16.1. The number of nitrogens with zero attached hydrogens (tertiary/aromatic N) is 1. The number of rotatable bonds is 3. The fourth-order valence-corrected chi connectivity index (χ4v) is 4.22. The van der Waals surface area contributed by atoms with Gasteiger partial charge in [0.1, 0.15) is 6.07 Å². The van der Waals surface area contributed by atoms with Crippen molar-refractivity contribution < 1.29 is 13.2 Å². The number of alkyl halides is 3. The fraction of sp³-hybridized carbons (Fsp3) is 0.0385. The Bertz CT molecular complexity index is 1250. The summed E-state index contributed by atoms with van der Waals surface area (Å²) in [4.78, 5) is 0. The molecule has 0 N–H and O–H groups in total. The van der Waals surface area contributed by atoms with Gasteiger partial charge in [-0.3, -0.25) is 0 Å². The Morgan fingerprint density at radius 3 is 1.55 bits per heavy atom. The minimum atomic E-state index is -4.59. The van der Waals surface area contributed by atoms with Gasteiger partial charge in [-0.2, -0.15) is 18.4 Å². The van der Waals surface area contributed by atoms with Crippen LogP contribution in [0.1, 0.15) is 16.7 Å². The van der Waals surface area contributed by atoms with Crippen molar-refractivity contribution in [3.63, 3.8) is 0 Å². The lowest BCUT2D eigenvalue weighted by atomic mass is 10.0. The molecule has 0 saturated heterocycles. The quantitative estimate of drug-likeness (QED) is 0.353. The second kappa shape index (κ2) is 8.41. The van der Waals surface area contributed by atoms with E-state index in [0.717, 1.165) is 5.56 Å². The monoisotopic (exact) mass is 477 g/mol. The lowest BCUT2D eigenvalue weighted by Crippen LogP contribution is -2.11. The summed E-state index contributed by atoms with van der Waals surface area (Å²) in [6.07, 6.45) is -4.59. The third kappa shape index (κ3) is 4.12. The van der Waals surface area contributed by atoms with Gasteiger partial charge in [0.2, 0.25) is 0 Å². The molecule has 1 fully saturated rings. The number of nitriles is 1. The van der Waals surface area contributed by atoms with Crippen LogP contribution in [0.4, 0.5) is 13.2 Å². The highest BCUT2D eigenvalue weighted by Gasteiger charge is 2.48. The minimum Gasteiger partial charge on any atom is -0.192 e. The smallest absolute Gasteiger partial charge is 0.192 e. The number of allylic oxidation sites excluding steroid dienone is 5. The van der Waals surface area contributed by atoms with Crippen molar-refractivity contribution in [3.05, 3.63) is 124 Å². The number of hydrogen-bond acceptors (Lipinski definition) is 1. The number of halogens is 4. The Labute approximate surface area is 186 Å². The van der Waals surface area contributed by atoms with E-state index >= 15 is 0 Å². The summed E-state index contributed by atoms with van der Waals surface area (Å²) in [5.41, 5.74) is 1.64. The molecule has 0 atom stereocenters. The molecule has 1 aliphatic carbocycles. The zero-order chi connectivity index (χ0) is 22.0. The van der Waals surface area contributed by atoms with E-state index in [1.54, 1.807) is 48.5 Å². The third-order valence-corrected chi connectivity index (χ3v) is 5.81. The molecular weight excluding hydrogens is 463 g/mol. The van der Waals surface area contributed by atoms with Crippen LogP contribution < -0.4 is 0 Å². The van der Waals surface area contributed by atoms with Crippen LogP contribution in [0.15, 0.2) is 108 Å². The van der Waals surface area contributed by atoms with Crippen LogP contribution in [0, 0.1) is 11.3 Å². The van der Waals surface area contributed by atoms with Crippen LogP contribution in [0.25, 0.3) is 15.6 Å². The lowest BCUT2D eigenvalue weighted by molar-refractivity contribution is -0.0690. The van der Waals surface area contributed by atoms with Crippen LogP contribution >= 0.6 is 15.9 Å². The molecule has 3 aromatic rings. The van der Waals surface area contributed by atoms with Crippen LogP contribution in [-0.2, 0) is 0 Å². The molecule has 0 bridgehead atoms. The molecule has 0 heterocycles. The first-order chi connectivity index (χ1) is 14.9. The van der Waals surface area contributed by atoms with Gasteiger partial charge in [-0.05, 0) is 32.6 Å². The van der Waals surface area contributed by atoms with Crippen molar-refractivity contribution in [3.8, 4) is 6.07 Å². The Hall–Kier alpha value is -3.36. The molecule has 5 heteroatoms. The van der Waals surface area contributed by atoms with Gasteiger partial charge >= 0.3 is 6.18 Å². The largest absolute Gasteiger partial charge is 0.417 e. The number of hydrogen-bond donors (Lipinski definition) is 0. The average molecular weight is 478 g/mol. The van der Waals surface area contributed by atoms with Crippen LogP contribution in [0.5, 0.6) is 0 Å². The van der Waals surface area contributed by atoms with E-state index in [-0.39, 0.29) is 16.7 Å². The zero-order valence-corrected chi connectivity index (χ0v) is 17.7. The molecule has 0 aliphatic heterocycles. The fourth-order valence-electron chi connectivity index (χ4n) is 3.56. The summed E-state index contributed by atoms with van der Waals surface area (Å²) in [6.45, 7) is 0. The predicted octanol–water partition coefficient (Wildman–Crippen LogP) is 7.80. The standard InChI is InChI=1S/C26H15BrF3N/c27-25(19-14-8-3-9-15-19)23-21(20(16-31)17-10-4-1-5-11-17)22(23)24(26(28,29)30)18-12-6-2-7-13-18/h1-15H. The molecular formula is C26H15BrF3N. The van der Waals surface area contributed by atoms with Gasteiger partial charge in [-0.25, -0.2) is 0 Å². The third-order valence-electron chi connectivity index (χ3n) is 4.95. The van der Waals surface area contributed by atoms with Gasteiger partial charge in [-0.1, -0.05) is 91.0 Å². The van der Waals surface area contributed by atoms with Crippen molar-refractivity contribution in [2.24, 2.45) is 0 Å². The van der Waals surface area contributed by atoms with Gasteiger partial charge in [0, 0.05) is 21.2 Å². The molecule has 1 aliphatic rings. The Kier molecular flexibility index (Phi) is 5.67. The van der Waals surface area contributed by atoms with Crippen LogP contribution in [-0.4, -0.2) is 6.18 Å². The van der Waals surface area contributed by atoms with E-state index < -0.39 is 11.7 Å². The van der Waals surface area contributed by atoms with Gasteiger partial charge in [-0.15, -0.1) is 0 Å². The summed E-state index contributed by atoms with van der Waals surface area (Å²) in [6, 6.07) is 27.7. The maximum atomic E-state index is 14.3. The van der Waals surface area contributed by atoms with Gasteiger partial charge in [0.15, 0.2) is 0 Å². The summed E-state index contributed by atoms with van der Waals surface area (Å²) in [5.74, 6) is 0. The molecule has 1 nitrogen and oxygen atoms in total. The van der Waals surface area contributed by atoms with Gasteiger partial charge in [0.25, 0.3) is 0 Å². The van der Waals surface area contributed by atoms with Crippen molar-refractivity contribution in [1.29, 1.82) is 5.26 Å². The van der Waals surface area contributed by atoms with Gasteiger partial charge in [0.05, 0.1) is 11.1 Å². The van der Waals surface area contributed by atoms with E-state index in [4.69, 9.17) is 0 Å². The first-order valence-corrected chi connectivity index (χ1v) is 10.3. The van der Waals surface area contributed by atoms with E-state index in [1.807, 2.05) is 30.3 Å². The molecule has 152 valence electrons. The minimum absolute atomic E-state index is 0.0508. The first kappa shape index (κ1) is 20.9. The second-order valence-electron chi connectivity index (χ2n) is 6.90. The topological polar surface area (TPSA) is 23.8 Å². The van der Waals surface area contributed by atoms with E-state index in [0.29, 0.717) is 21.2 Å². The lowest BCUT2D eigenvalue weighted by Gasteiger charge is -2.11. The Balaban J connectivity index is 2.08. The van der Waals surface area contributed by atoms with Crippen molar-refractivity contribution in [2.45, 2.75) is 6.18 Å². The normalized spacial score (nSPS) is 18.2. The first-order valence-electron chi connectivity index (χ1n) is 9.46. The Morgan fingerprint density at radius 2 is 1.10 bits per heavy atom. The maximum absolute atomic E-state index is 14.3. The van der Waals surface area contributed by atoms with Gasteiger partial charge < -0.3 is 0 Å². The van der Waals surface area contributed by atoms with E-state index in [9.17, 15) is 18.4 Å². The highest BCUT2D eigenvalue weighted by molar-refractivity contribution is 9.15. The predicted molar refractivity (Wildman–Crippen MR) is 121 cm³/mol. The SMILES string of the molecule is N#CC(=C1C(=C(Br)c2ccccc2)C1=C(c1ccccc1)C(F)(F)F)c1ccccc1. The average Bonchev–Trinajstić information content (AvgIpc) is 3.49. The van der Waals surface area contributed by atoms with Crippen molar-refractivity contribution in [1.82, 2.24) is 0 Å². The van der Waals surface area contributed by atoms with E-state index in [2.05, 4.69) is 22.0 Å². The molecule has 4 rings (SSSR count). The Morgan fingerprint density at radius 1 is 0.645 bits per heavy atom. The number of benzene rings is 3. The summed E-state index contributed by atoms with van der Waals surface area (Å²) in [7, 11) is 0.